The highest BCUT2D eigenvalue weighted by Gasteiger charge is 2.33. The third kappa shape index (κ3) is 4.60. The molecule has 0 spiro atoms. The first-order valence-corrected chi connectivity index (χ1v) is 9.38. The van der Waals surface area contributed by atoms with Gasteiger partial charge in [0, 0.05) is 31.2 Å². The highest BCUT2D eigenvalue weighted by molar-refractivity contribution is 5.92. The number of carbonyl (C=O) groups is 2. The summed E-state index contributed by atoms with van der Waals surface area (Å²) in [4.78, 5) is 28.9. The smallest absolute Gasteiger partial charge is 0.238 e. The summed E-state index contributed by atoms with van der Waals surface area (Å²) < 4.78 is 0. The SMILES string of the molecule is Cc1cccc(NC(=O)CN2CCCC(N(C)C(=O)C3CCC3)C2)c1. The Morgan fingerprint density at radius 3 is 2.72 bits per heavy atom. The van der Waals surface area contributed by atoms with Crippen LogP contribution >= 0.6 is 0 Å². The van der Waals surface area contributed by atoms with E-state index in [-0.39, 0.29) is 17.9 Å². The van der Waals surface area contributed by atoms with E-state index in [1.807, 2.05) is 43.1 Å². The number of benzene rings is 1. The molecule has 5 nitrogen and oxygen atoms in total. The zero-order valence-corrected chi connectivity index (χ0v) is 15.3. The van der Waals surface area contributed by atoms with Crippen LogP contribution in [0.3, 0.4) is 0 Å². The Hall–Kier alpha value is -1.88. The van der Waals surface area contributed by atoms with Crippen molar-refractivity contribution in [2.45, 2.75) is 45.1 Å². The molecule has 0 radical (unpaired) electrons. The average molecular weight is 343 g/mol. The van der Waals surface area contributed by atoms with Crippen molar-refractivity contribution in [2.24, 2.45) is 5.92 Å². The van der Waals surface area contributed by atoms with Gasteiger partial charge in [-0.25, -0.2) is 0 Å². The number of likely N-dealkylation sites (N-methyl/N-ethyl adjacent to an activating group) is 1. The molecule has 1 atom stereocenters. The molecule has 1 saturated carbocycles. The monoisotopic (exact) mass is 343 g/mol. The summed E-state index contributed by atoms with van der Waals surface area (Å²) in [5, 5.41) is 2.97. The number of likely N-dealkylation sites (tertiary alicyclic amines) is 1. The average Bonchev–Trinajstić information content (AvgIpc) is 2.52. The molecule has 1 heterocycles. The van der Waals surface area contributed by atoms with Crippen LogP contribution in [0.2, 0.25) is 0 Å². The van der Waals surface area contributed by atoms with E-state index < -0.39 is 0 Å². The van der Waals surface area contributed by atoms with E-state index in [9.17, 15) is 9.59 Å². The number of hydrogen-bond donors (Lipinski definition) is 1. The summed E-state index contributed by atoms with van der Waals surface area (Å²) >= 11 is 0. The third-order valence-electron chi connectivity index (χ3n) is 5.50. The van der Waals surface area contributed by atoms with Crippen LogP contribution in [-0.4, -0.2) is 54.3 Å². The van der Waals surface area contributed by atoms with Crippen LogP contribution in [0, 0.1) is 12.8 Å². The Bertz CT molecular complexity index is 627. The molecular formula is C20H29N3O2. The number of aryl methyl sites for hydroxylation is 1. The number of nitrogens with one attached hydrogen (secondary N) is 1. The standard InChI is InChI=1S/C20H29N3O2/c1-15-6-3-9-17(12-15)21-19(24)14-23-11-5-10-18(13-23)22(2)20(25)16-7-4-8-16/h3,6,9,12,16,18H,4-5,7-8,10-11,13-14H2,1-2H3,(H,21,24). The van der Waals surface area contributed by atoms with E-state index in [1.165, 1.54) is 6.42 Å². The molecule has 1 unspecified atom stereocenters. The summed E-state index contributed by atoms with van der Waals surface area (Å²) in [5.41, 5.74) is 1.97. The minimum Gasteiger partial charge on any atom is -0.341 e. The van der Waals surface area contributed by atoms with Crippen LogP contribution in [-0.2, 0) is 9.59 Å². The lowest BCUT2D eigenvalue weighted by molar-refractivity contribution is -0.140. The summed E-state index contributed by atoms with van der Waals surface area (Å²) in [6.45, 7) is 4.11. The summed E-state index contributed by atoms with van der Waals surface area (Å²) in [6, 6.07) is 8.08. The minimum atomic E-state index is 0.0132. The number of nitrogens with zero attached hydrogens (tertiary/aromatic N) is 2. The Balaban J connectivity index is 1.50. The summed E-state index contributed by atoms with van der Waals surface area (Å²) in [5.74, 6) is 0.548. The molecule has 1 aliphatic heterocycles. The van der Waals surface area contributed by atoms with Gasteiger partial charge in [-0.05, 0) is 56.8 Å². The number of rotatable bonds is 5. The van der Waals surface area contributed by atoms with Crippen molar-refractivity contribution in [3.63, 3.8) is 0 Å². The normalized spacial score (nSPS) is 21.4. The highest BCUT2D eigenvalue weighted by atomic mass is 16.2. The van der Waals surface area contributed by atoms with E-state index in [0.29, 0.717) is 12.5 Å². The summed E-state index contributed by atoms with van der Waals surface area (Å²) in [6.07, 6.45) is 5.33. The number of anilines is 1. The number of piperidine rings is 1. The summed E-state index contributed by atoms with van der Waals surface area (Å²) in [7, 11) is 1.93. The zero-order chi connectivity index (χ0) is 17.8. The molecule has 1 N–H and O–H groups in total. The molecule has 5 heteroatoms. The maximum Gasteiger partial charge on any atom is 0.238 e. The second-order valence-corrected chi connectivity index (χ2v) is 7.53. The van der Waals surface area contributed by atoms with Gasteiger partial charge < -0.3 is 10.2 Å². The molecule has 1 aromatic rings. The van der Waals surface area contributed by atoms with Gasteiger partial charge in [0.25, 0.3) is 0 Å². The number of hydrogen-bond acceptors (Lipinski definition) is 3. The van der Waals surface area contributed by atoms with Crippen molar-refractivity contribution >= 4 is 17.5 Å². The van der Waals surface area contributed by atoms with Gasteiger partial charge in [0.05, 0.1) is 6.54 Å². The second kappa shape index (κ2) is 8.00. The topological polar surface area (TPSA) is 52.7 Å². The predicted octanol–water partition coefficient (Wildman–Crippen LogP) is 2.66. The van der Waals surface area contributed by atoms with Crippen molar-refractivity contribution in [2.75, 3.05) is 32.0 Å². The molecule has 2 amide bonds. The Morgan fingerprint density at radius 2 is 2.04 bits per heavy atom. The fourth-order valence-electron chi connectivity index (χ4n) is 3.74. The Morgan fingerprint density at radius 1 is 1.24 bits per heavy atom. The molecular weight excluding hydrogens is 314 g/mol. The van der Waals surface area contributed by atoms with Gasteiger partial charge in [0.2, 0.25) is 11.8 Å². The maximum absolute atomic E-state index is 12.5. The van der Waals surface area contributed by atoms with Crippen molar-refractivity contribution in [1.29, 1.82) is 0 Å². The first-order valence-electron chi connectivity index (χ1n) is 9.38. The molecule has 25 heavy (non-hydrogen) atoms. The number of carbonyl (C=O) groups excluding carboxylic acids is 2. The lowest BCUT2D eigenvalue weighted by Crippen LogP contribution is -2.51. The highest BCUT2D eigenvalue weighted by Crippen LogP contribution is 2.29. The molecule has 1 aliphatic carbocycles. The van der Waals surface area contributed by atoms with Gasteiger partial charge in [-0.1, -0.05) is 18.6 Å². The predicted molar refractivity (Wildman–Crippen MR) is 99.4 cm³/mol. The molecule has 3 rings (SSSR count). The van der Waals surface area contributed by atoms with E-state index in [1.54, 1.807) is 0 Å². The molecule has 2 aliphatic rings. The van der Waals surface area contributed by atoms with Gasteiger partial charge in [-0.2, -0.15) is 0 Å². The fraction of sp³-hybridized carbons (Fsp3) is 0.600. The zero-order valence-electron chi connectivity index (χ0n) is 15.3. The van der Waals surface area contributed by atoms with E-state index in [2.05, 4.69) is 10.2 Å². The number of amides is 2. The van der Waals surface area contributed by atoms with Crippen LogP contribution in [0.5, 0.6) is 0 Å². The minimum absolute atomic E-state index is 0.0132. The van der Waals surface area contributed by atoms with Crippen molar-refractivity contribution in [3.8, 4) is 0 Å². The molecule has 0 aromatic heterocycles. The Labute approximate surface area is 150 Å². The largest absolute Gasteiger partial charge is 0.341 e. The molecule has 0 bridgehead atoms. The van der Waals surface area contributed by atoms with Crippen LogP contribution in [0.1, 0.15) is 37.7 Å². The maximum atomic E-state index is 12.5. The van der Waals surface area contributed by atoms with Gasteiger partial charge in [0.1, 0.15) is 0 Å². The fourth-order valence-corrected chi connectivity index (χ4v) is 3.74. The molecule has 1 aromatic carbocycles. The molecule has 2 fully saturated rings. The third-order valence-corrected chi connectivity index (χ3v) is 5.50. The molecule has 136 valence electrons. The van der Waals surface area contributed by atoms with Crippen LogP contribution in [0.25, 0.3) is 0 Å². The van der Waals surface area contributed by atoms with Crippen molar-refractivity contribution < 1.29 is 9.59 Å². The van der Waals surface area contributed by atoms with Crippen LogP contribution in [0.4, 0.5) is 5.69 Å². The first-order chi connectivity index (χ1) is 12.0. The lowest BCUT2D eigenvalue weighted by atomic mass is 9.84. The van der Waals surface area contributed by atoms with Gasteiger partial charge in [0.15, 0.2) is 0 Å². The van der Waals surface area contributed by atoms with Crippen LogP contribution in [0.15, 0.2) is 24.3 Å². The lowest BCUT2D eigenvalue weighted by Gasteiger charge is -2.39. The second-order valence-electron chi connectivity index (χ2n) is 7.53. The van der Waals surface area contributed by atoms with Gasteiger partial charge >= 0.3 is 0 Å². The van der Waals surface area contributed by atoms with Gasteiger partial charge in [-0.15, -0.1) is 0 Å². The van der Waals surface area contributed by atoms with Crippen LogP contribution < -0.4 is 5.32 Å². The quantitative estimate of drug-likeness (QED) is 0.894. The van der Waals surface area contributed by atoms with E-state index >= 15 is 0 Å². The van der Waals surface area contributed by atoms with Crippen molar-refractivity contribution in [3.05, 3.63) is 29.8 Å². The van der Waals surface area contributed by atoms with E-state index in [0.717, 1.165) is 50.0 Å². The molecule has 1 saturated heterocycles. The van der Waals surface area contributed by atoms with E-state index in [4.69, 9.17) is 0 Å². The first kappa shape index (κ1) is 17.9. The van der Waals surface area contributed by atoms with Crippen molar-refractivity contribution in [1.82, 2.24) is 9.80 Å². The Kier molecular flexibility index (Phi) is 5.74. The van der Waals surface area contributed by atoms with Gasteiger partial charge in [-0.3, -0.25) is 14.5 Å².